The minimum Gasteiger partial charge on any atom is -0.479 e. The van der Waals surface area contributed by atoms with E-state index in [1.54, 1.807) is 67.6 Å². The lowest BCUT2D eigenvalue weighted by atomic mass is 10.1. The number of imide groups is 1. The summed E-state index contributed by atoms with van der Waals surface area (Å²) in [5.41, 5.74) is 1.72. The van der Waals surface area contributed by atoms with Gasteiger partial charge >= 0.3 is 0 Å². The summed E-state index contributed by atoms with van der Waals surface area (Å²) < 4.78 is 5.57. The van der Waals surface area contributed by atoms with Gasteiger partial charge in [0.2, 0.25) is 0 Å². The molecule has 3 aromatic carbocycles. The third-order valence-corrected chi connectivity index (χ3v) is 5.72. The van der Waals surface area contributed by atoms with E-state index in [4.69, 9.17) is 40.2 Å². The van der Waals surface area contributed by atoms with Crippen molar-refractivity contribution in [2.24, 2.45) is 0 Å². The molecule has 3 aromatic rings. The highest BCUT2D eigenvalue weighted by Gasteiger charge is 2.36. The van der Waals surface area contributed by atoms with Crippen LogP contribution < -0.4 is 20.3 Å². The normalized spacial score (nSPS) is 13.3. The second kappa shape index (κ2) is 9.80. The van der Waals surface area contributed by atoms with Gasteiger partial charge in [-0.2, -0.15) is 0 Å². The Morgan fingerprint density at radius 1 is 0.971 bits per heavy atom. The molecule has 0 aromatic heterocycles. The van der Waals surface area contributed by atoms with Crippen molar-refractivity contribution in [2.75, 3.05) is 10.2 Å². The van der Waals surface area contributed by atoms with Gasteiger partial charge in [-0.3, -0.25) is 19.7 Å². The highest BCUT2D eigenvalue weighted by molar-refractivity contribution is 7.80. The Kier molecular flexibility index (Phi) is 6.83. The van der Waals surface area contributed by atoms with Crippen LogP contribution >= 0.6 is 35.4 Å². The molecule has 0 saturated carbocycles. The highest BCUT2D eigenvalue weighted by Crippen LogP contribution is 2.30. The van der Waals surface area contributed by atoms with Gasteiger partial charge in [-0.15, -0.1) is 0 Å². The monoisotopic (exact) mass is 513 g/mol. The average Bonchev–Trinajstić information content (AvgIpc) is 3.06. The van der Waals surface area contributed by atoms with Gasteiger partial charge in [0.25, 0.3) is 17.7 Å². The molecule has 0 bridgehead atoms. The summed E-state index contributed by atoms with van der Waals surface area (Å²) in [6.07, 6.45) is -0.880. The van der Waals surface area contributed by atoms with E-state index < -0.39 is 12.0 Å². The zero-order chi connectivity index (χ0) is 24.4. The predicted molar refractivity (Wildman–Crippen MR) is 135 cm³/mol. The minimum absolute atomic E-state index is 0.0520. The lowest BCUT2D eigenvalue weighted by molar-refractivity contribution is -0.125. The minimum atomic E-state index is -0.880. The van der Waals surface area contributed by atoms with Crippen molar-refractivity contribution in [3.8, 4) is 5.75 Å². The molecule has 172 valence electrons. The lowest BCUT2D eigenvalue weighted by Crippen LogP contribution is -2.42. The van der Waals surface area contributed by atoms with E-state index in [1.807, 2.05) is 0 Å². The Morgan fingerprint density at radius 2 is 1.59 bits per heavy atom. The third kappa shape index (κ3) is 4.89. The van der Waals surface area contributed by atoms with Crippen LogP contribution in [-0.2, 0) is 4.79 Å². The number of carbonyl (C=O) groups is 3. The summed E-state index contributed by atoms with van der Waals surface area (Å²) in [5.74, 6) is -0.916. The Balaban J connectivity index is 1.35. The first-order chi connectivity index (χ1) is 16.2. The number of halogens is 2. The molecule has 3 amide bonds. The SMILES string of the molecule is CC(Oc1ccc(Cl)cc1Cl)C(=O)NC(=S)Nc1ccc(N2C(=O)c3ccccc3C2=O)cc1. The topological polar surface area (TPSA) is 87.7 Å². The molecule has 1 atom stereocenters. The number of ether oxygens (including phenoxy) is 1. The fraction of sp³-hybridized carbons (Fsp3) is 0.0833. The van der Waals surface area contributed by atoms with Gasteiger partial charge in [0.15, 0.2) is 11.2 Å². The van der Waals surface area contributed by atoms with E-state index in [2.05, 4.69) is 10.6 Å². The smallest absolute Gasteiger partial charge is 0.266 e. The van der Waals surface area contributed by atoms with Crippen molar-refractivity contribution in [3.05, 3.63) is 87.9 Å². The standard InChI is InChI=1S/C24H17Cl2N3O4S/c1-13(33-20-11-6-14(25)12-19(20)26)21(30)28-24(34)27-15-7-9-16(10-8-15)29-22(31)17-4-2-3-5-18(17)23(29)32/h2-13H,1H3,(H2,27,28,30,34). The van der Waals surface area contributed by atoms with Gasteiger partial charge in [0.1, 0.15) is 5.75 Å². The number of nitrogens with one attached hydrogen (secondary N) is 2. The zero-order valence-electron chi connectivity index (χ0n) is 17.7. The Labute approximate surface area is 210 Å². The van der Waals surface area contributed by atoms with Crippen LogP contribution in [0.15, 0.2) is 66.7 Å². The number of hydrogen-bond donors (Lipinski definition) is 2. The number of amides is 3. The van der Waals surface area contributed by atoms with Crippen molar-refractivity contribution >= 4 is 69.6 Å². The van der Waals surface area contributed by atoms with Gasteiger partial charge in [-0.1, -0.05) is 35.3 Å². The van der Waals surface area contributed by atoms with Crippen LogP contribution in [0.1, 0.15) is 27.6 Å². The highest BCUT2D eigenvalue weighted by atomic mass is 35.5. The summed E-state index contributed by atoms with van der Waals surface area (Å²) >= 11 is 17.1. The molecule has 1 unspecified atom stereocenters. The van der Waals surface area contributed by atoms with Crippen molar-refractivity contribution < 1.29 is 19.1 Å². The number of benzene rings is 3. The lowest BCUT2D eigenvalue weighted by Gasteiger charge is -2.17. The van der Waals surface area contributed by atoms with Gasteiger partial charge in [-0.05, 0) is 73.7 Å². The van der Waals surface area contributed by atoms with Gasteiger partial charge in [-0.25, -0.2) is 4.90 Å². The molecule has 0 radical (unpaired) electrons. The van der Waals surface area contributed by atoms with Crippen molar-refractivity contribution in [1.82, 2.24) is 5.32 Å². The molecular formula is C24H17Cl2N3O4S. The molecule has 1 heterocycles. The fourth-order valence-corrected chi connectivity index (χ4v) is 3.98. The number of thiocarbonyl (C=S) groups is 1. The van der Waals surface area contributed by atoms with Gasteiger partial charge < -0.3 is 10.1 Å². The van der Waals surface area contributed by atoms with E-state index in [-0.39, 0.29) is 21.9 Å². The molecule has 1 aliphatic heterocycles. The van der Waals surface area contributed by atoms with Crippen LogP contribution in [-0.4, -0.2) is 28.9 Å². The average molecular weight is 514 g/mol. The predicted octanol–water partition coefficient (Wildman–Crippen LogP) is 5.07. The van der Waals surface area contributed by atoms with E-state index in [1.165, 1.54) is 6.07 Å². The summed E-state index contributed by atoms with van der Waals surface area (Å²) in [7, 11) is 0. The van der Waals surface area contributed by atoms with Crippen molar-refractivity contribution in [1.29, 1.82) is 0 Å². The first-order valence-electron chi connectivity index (χ1n) is 10.1. The third-order valence-electron chi connectivity index (χ3n) is 4.98. The maximum Gasteiger partial charge on any atom is 0.266 e. The summed E-state index contributed by atoms with van der Waals surface area (Å²) in [6.45, 7) is 1.56. The molecule has 4 rings (SSSR count). The molecule has 1 aliphatic rings. The van der Waals surface area contributed by atoms with E-state index in [9.17, 15) is 14.4 Å². The van der Waals surface area contributed by atoms with Crippen LogP contribution in [0, 0.1) is 0 Å². The van der Waals surface area contributed by atoms with Crippen molar-refractivity contribution in [2.45, 2.75) is 13.0 Å². The molecular weight excluding hydrogens is 497 g/mol. The van der Waals surface area contributed by atoms with Crippen LogP contribution in [0.3, 0.4) is 0 Å². The molecule has 0 spiro atoms. The van der Waals surface area contributed by atoms with E-state index in [0.717, 1.165) is 4.90 Å². The maximum absolute atomic E-state index is 12.6. The van der Waals surface area contributed by atoms with Gasteiger partial charge in [0, 0.05) is 10.7 Å². The fourth-order valence-electron chi connectivity index (χ4n) is 3.31. The first-order valence-corrected chi connectivity index (χ1v) is 11.2. The first kappa shape index (κ1) is 23.7. The van der Waals surface area contributed by atoms with Crippen LogP contribution in [0.25, 0.3) is 0 Å². The number of fused-ring (bicyclic) bond motifs is 1. The summed E-state index contributed by atoms with van der Waals surface area (Å²) in [6, 6.07) is 17.9. The number of nitrogens with zero attached hydrogens (tertiary/aromatic N) is 1. The molecule has 0 aliphatic carbocycles. The van der Waals surface area contributed by atoms with E-state index >= 15 is 0 Å². The maximum atomic E-state index is 12.6. The number of rotatable bonds is 5. The Bertz CT molecular complexity index is 1280. The van der Waals surface area contributed by atoms with Crippen LogP contribution in [0.5, 0.6) is 5.75 Å². The molecule has 7 nitrogen and oxygen atoms in total. The number of hydrogen-bond acceptors (Lipinski definition) is 5. The van der Waals surface area contributed by atoms with Crippen LogP contribution in [0.2, 0.25) is 10.0 Å². The molecule has 34 heavy (non-hydrogen) atoms. The second-order valence-electron chi connectivity index (χ2n) is 7.32. The Morgan fingerprint density at radius 3 is 2.18 bits per heavy atom. The molecule has 2 N–H and O–H groups in total. The summed E-state index contributed by atoms with van der Waals surface area (Å²) in [5, 5.41) is 6.21. The Hall–Kier alpha value is -3.46. The van der Waals surface area contributed by atoms with Gasteiger partial charge in [0.05, 0.1) is 21.8 Å². The molecule has 0 saturated heterocycles. The van der Waals surface area contributed by atoms with Crippen LogP contribution in [0.4, 0.5) is 11.4 Å². The number of carbonyl (C=O) groups excluding carboxylic acids is 3. The molecule has 10 heteroatoms. The molecule has 0 fully saturated rings. The summed E-state index contributed by atoms with van der Waals surface area (Å²) in [4.78, 5) is 38.8. The van der Waals surface area contributed by atoms with E-state index in [0.29, 0.717) is 33.3 Å². The quantitative estimate of drug-likeness (QED) is 0.365. The zero-order valence-corrected chi connectivity index (χ0v) is 20.0. The largest absolute Gasteiger partial charge is 0.479 e. The van der Waals surface area contributed by atoms with Crippen molar-refractivity contribution in [3.63, 3.8) is 0 Å². The number of anilines is 2. The second-order valence-corrected chi connectivity index (χ2v) is 8.57.